The average Bonchev–Trinajstić information content (AvgIpc) is 2.49. The molecule has 0 bridgehead atoms. The molecule has 1 rings (SSSR count). The van der Waals surface area contributed by atoms with Crippen LogP contribution >= 0.6 is 0 Å². The van der Waals surface area contributed by atoms with Crippen molar-refractivity contribution in [3.05, 3.63) is 29.3 Å². The maximum atomic E-state index is 9.29. The molecular weight excluding hydrogens is 250 g/mol. The summed E-state index contributed by atoms with van der Waals surface area (Å²) in [6, 6.07) is 6.37. The van der Waals surface area contributed by atoms with E-state index in [2.05, 4.69) is 39.0 Å². The maximum absolute atomic E-state index is 9.29. The molecule has 0 amide bonds. The van der Waals surface area contributed by atoms with Gasteiger partial charge in [0.2, 0.25) is 0 Å². The molecule has 1 aromatic carbocycles. The van der Waals surface area contributed by atoms with E-state index in [1.807, 2.05) is 0 Å². The standard InChI is InChI=1S/C17H29NO2/c1-4-8-20-16-6-7-17(15(5-2)10-16)13(3)9-14(11-18)12-19/h6-7,10,13-14,19H,4-5,8-9,11-12,18H2,1-3H3. The molecule has 0 aromatic heterocycles. The summed E-state index contributed by atoms with van der Waals surface area (Å²) in [5, 5.41) is 9.29. The van der Waals surface area contributed by atoms with Crippen molar-refractivity contribution in [2.24, 2.45) is 11.7 Å². The molecule has 3 N–H and O–H groups in total. The Balaban J connectivity index is 2.82. The number of hydrogen-bond acceptors (Lipinski definition) is 3. The Morgan fingerprint density at radius 2 is 2.05 bits per heavy atom. The monoisotopic (exact) mass is 279 g/mol. The topological polar surface area (TPSA) is 55.5 Å². The van der Waals surface area contributed by atoms with Crippen LogP contribution in [0.3, 0.4) is 0 Å². The fourth-order valence-corrected chi connectivity index (χ4v) is 2.55. The minimum Gasteiger partial charge on any atom is -0.494 e. The smallest absolute Gasteiger partial charge is 0.119 e. The van der Waals surface area contributed by atoms with Gasteiger partial charge in [0, 0.05) is 6.61 Å². The van der Waals surface area contributed by atoms with Crippen LogP contribution in [0.5, 0.6) is 5.75 Å². The second-order valence-corrected chi connectivity index (χ2v) is 5.48. The molecule has 2 unspecified atom stereocenters. The number of aryl methyl sites for hydroxylation is 1. The summed E-state index contributed by atoms with van der Waals surface area (Å²) in [5.74, 6) is 1.55. The van der Waals surface area contributed by atoms with Crippen LogP contribution in [-0.2, 0) is 6.42 Å². The van der Waals surface area contributed by atoms with Gasteiger partial charge < -0.3 is 15.6 Å². The predicted molar refractivity (Wildman–Crippen MR) is 84.3 cm³/mol. The minimum atomic E-state index is 0.167. The molecule has 0 saturated heterocycles. The van der Waals surface area contributed by atoms with E-state index >= 15 is 0 Å². The van der Waals surface area contributed by atoms with Crippen molar-refractivity contribution in [1.82, 2.24) is 0 Å². The molecule has 0 spiro atoms. The van der Waals surface area contributed by atoms with E-state index < -0.39 is 0 Å². The largest absolute Gasteiger partial charge is 0.494 e. The van der Waals surface area contributed by atoms with Crippen molar-refractivity contribution < 1.29 is 9.84 Å². The molecule has 0 saturated carbocycles. The van der Waals surface area contributed by atoms with Crippen molar-refractivity contribution >= 4 is 0 Å². The van der Waals surface area contributed by atoms with Gasteiger partial charge in [0.15, 0.2) is 0 Å². The third kappa shape index (κ3) is 4.80. The van der Waals surface area contributed by atoms with Crippen LogP contribution in [0.25, 0.3) is 0 Å². The molecule has 2 atom stereocenters. The lowest BCUT2D eigenvalue weighted by Crippen LogP contribution is -2.20. The van der Waals surface area contributed by atoms with E-state index in [9.17, 15) is 5.11 Å². The summed E-state index contributed by atoms with van der Waals surface area (Å²) in [7, 11) is 0. The Kier molecular flexibility index (Phi) is 7.63. The van der Waals surface area contributed by atoms with Gasteiger partial charge in [-0.2, -0.15) is 0 Å². The highest BCUT2D eigenvalue weighted by Gasteiger charge is 2.15. The van der Waals surface area contributed by atoms with Crippen molar-refractivity contribution in [1.29, 1.82) is 0 Å². The SMILES string of the molecule is CCCOc1ccc(C(C)CC(CN)CO)c(CC)c1. The van der Waals surface area contributed by atoms with Gasteiger partial charge in [-0.15, -0.1) is 0 Å². The maximum Gasteiger partial charge on any atom is 0.119 e. The fourth-order valence-electron chi connectivity index (χ4n) is 2.55. The van der Waals surface area contributed by atoms with Crippen molar-refractivity contribution in [2.75, 3.05) is 19.8 Å². The normalized spacial score (nSPS) is 14.1. The summed E-state index contributed by atoms with van der Waals surface area (Å²) in [6.45, 7) is 7.96. The first-order valence-electron chi connectivity index (χ1n) is 7.72. The lowest BCUT2D eigenvalue weighted by atomic mass is 9.87. The highest BCUT2D eigenvalue weighted by molar-refractivity contribution is 5.37. The van der Waals surface area contributed by atoms with E-state index in [1.54, 1.807) is 0 Å². The molecule has 3 nitrogen and oxygen atoms in total. The van der Waals surface area contributed by atoms with E-state index in [4.69, 9.17) is 10.5 Å². The van der Waals surface area contributed by atoms with Gasteiger partial charge in [0.1, 0.15) is 5.75 Å². The molecule has 0 aliphatic rings. The van der Waals surface area contributed by atoms with Crippen molar-refractivity contribution in [3.63, 3.8) is 0 Å². The first-order chi connectivity index (χ1) is 9.65. The van der Waals surface area contributed by atoms with Crippen molar-refractivity contribution in [2.45, 2.75) is 46.0 Å². The third-order valence-electron chi connectivity index (χ3n) is 3.78. The Labute approximate surface area is 123 Å². The number of rotatable bonds is 9. The zero-order chi connectivity index (χ0) is 15.0. The summed E-state index contributed by atoms with van der Waals surface area (Å²) < 4.78 is 5.70. The van der Waals surface area contributed by atoms with Crippen LogP contribution < -0.4 is 10.5 Å². The quantitative estimate of drug-likeness (QED) is 0.730. The van der Waals surface area contributed by atoms with E-state index in [0.29, 0.717) is 12.5 Å². The molecule has 0 fully saturated rings. The van der Waals surface area contributed by atoms with Gasteiger partial charge in [-0.05, 0) is 60.9 Å². The number of benzene rings is 1. The molecule has 0 aliphatic heterocycles. The van der Waals surface area contributed by atoms with Crippen LogP contribution in [0.4, 0.5) is 0 Å². The molecule has 0 radical (unpaired) electrons. The zero-order valence-corrected chi connectivity index (χ0v) is 13.1. The summed E-state index contributed by atoms with van der Waals surface area (Å²) in [4.78, 5) is 0. The van der Waals surface area contributed by atoms with Gasteiger partial charge in [-0.25, -0.2) is 0 Å². The van der Waals surface area contributed by atoms with E-state index in [0.717, 1.165) is 31.6 Å². The van der Waals surface area contributed by atoms with Crippen LogP contribution in [0, 0.1) is 5.92 Å². The van der Waals surface area contributed by atoms with E-state index in [1.165, 1.54) is 11.1 Å². The Hall–Kier alpha value is -1.06. The Bertz CT molecular complexity index is 389. The first-order valence-corrected chi connectivity index (χ1v) is 7.72. The number of ether oxygens (including phenoxy) is 1. The number of nitrogens with two attached hydrogens (primary N) is 1. The summed E-state index contributed by atoms with van der Waals surface area (Å²) >= 11 is 0. The Morgan fingerprint density at radius 1 is 1.30 bits per heavy atom. The average molecular weight is 279 g/mol. The van der Waals surface area contributed by atoms with Gasteiger partial charge in [-0.1, -0.05) is 26.8 Å². The number of hydrogen-bond donors (Lipinski definition) is 2. The van der Waals surface area contributed by atoms with Crippen molar-refractivity contribution in [3.8, 4) is 5.75 Å². The highest BCUT2D eigenvalue weighted by Crippen LogP contribution is 2.29. The lowest BCUT2D eigenvalue weighted by Gasteiger charge is -2.21. The van der Waals surface area contributed by atoms with Crippen LogP contribution in [0.1, 0.15) is 50.7 Å². The number of aliphatic hydroxyl groups excluding tert-OH is 1. The molecule has 0 heterocycles. The van der Waals surface area contributed by atoms with Crippen LogP contribution in [-0.4, -0.2) is 24.9 Å². The minimum absolute atomic E-state index is 0.167. The predicted octanol–water partition coefficient (Wildman–Crippen LogP) is 3.10. The van der Waals surface area contributed by atoms with Gasteiger partial charge >= 0.3 is 0 Å². The second kappa shape index (κ2) is 8.98. The molecule has 0 aliphatic carbocycles. The Morgan fingerprint density at radius 3 is 2.60 bits per heavy atom. The molecule has 20 heavy (non-hydrogen) atoms. The highest BCUT2D eigenvalue weighted by atomic mass is 16.5. The summed E-state index contributed by atoms with van der Waals surface area (Å²) in [5.41, 5.74) is 8.36. The van der Waals surface area contributed by atoms with Gasteiger partial charge in [0.05, 0.1) is 6.61 Å². The van der Waals surface area contributed by atoms with Crippen LogP contribution in [0.15, 0.2) is 18.2 Å². The lowest BCUT2D eigenvalue weighted by molar-refractivity contribution is 0.217. The van der Waals surface area contributed by atoms with E-state index in [-0.39, 0.29) is 12.5 Å². The molecule has 1 aromatic rings. The zero-order valence-electron chi connectivity index (χ0n) is 13.1. The molecule has 114 valence electrons. The second-order valence-electron chi connectivity index (χ2n) is 5.48. The first kappa shape index (κ1) is 17.0. The molecular formula is C17H29NO2. The van der Waals surface area contributed by atoms with Gasteiger partial charge in [-0.3, -0.25) is 0 Å². The number of aliphatic hydroxyl groups is 1. The van der Waals surface area contributed by atoms with Crippen LogP contribution in [0.2, 0.25) is 0 Å². The summed E-state index contributed by atoms with van der Waals surface area (Å²) in [6.07, 6.45) is 2.94. The molecule has 3 heteroatoms. The van der Waals surface area contributed by atoms with Gasteiger partial charge in [0.25, 0.3) is 0 Å². The third-order valence-corrected chi connectivity index (χ3v) is 3.78. The fraction of sp³-hybridized carbons (Fsp3) is 0.647.